The summed E-state index contributed by atoms with van der Waals surface area (Å²) in [6, 6.07) is 14.2. The Balaban J connectivity index is 2.05. The molecule has 162 valence electrons. The van der Waals surface area contributed by atoms with E-state index in [9.17, 15) is 9.59 Å². The first kappa shape index (κ1) is 24.0. The zero-order valence-electron chi connectivity index (χ0n) is 16.3. The summed E-state index contributed by atoms with van der Waals surface area (Å²) in [5, 5.41) is 11.6. The molecular weight excluding hydrogens is 474 g/mol. The van der Waals surface area contributed by atoms with Crippen LogP contribution in [-0.2, 0) is 14.3 Å². The lowest BCUT2D eigenvalue weighted by atomic mass is 10.0. The van der Waals surface area contributed by atoms with Crippen LogP contribution >= 0.6 is 28.6 Å². The molecule has 0 fully saturated rings. The standard InChI is InChI=1S/C21H24BrNO6S/c22-16-6-8-17(9-7-16)23-21(26)29-19(5-2-11-28-20(25)14-30)15-3-1-4-18(13-15)27-12-10-24/h1,3-4,6-9,13,19,24,30H,2,5,10-12,14H2,(H,23,26)/t19-/m0/s1. The Kier molecular flexibility index (Phi) is 10.5. The van der Waals surface area contributed by atoms with Crippen LogP contribution in [0.15, 0.2) is 53.0 Å². The van der Waals surface area contributed by atoms with E-state index in [1.54, 1.807) is 30.3 Å². The number of carbonyl (C=O) groups excluding carboxylic acids is 2. The average Bonchev–Trinajstić information content (AvgIpc) is 2.76. The zero-order valence-corrected chi connectivity index (χ0v) is 18.7. The smallest absolute Gasteiger partial charge is 0.412 e. The van der Waals surface area contributed by atoms with Crippen molar-refractivity contribution in [2.24, 2.45) is 0 Å². The van der Waals surface area contributed by atoms with Crippen LogP contribution in [0.5, 0.6) is 5.75 Å². The fraction of sp³-hybridized carbons (Fsp3) is 0.333. The Morgan fingerprint density at radius 3 is 2.60 bits per heavy atom. The summed E-state index contributed by atoms with van der Waals surface area (Å²) in [6.07, 6.45) is -0.238. The number of halogens is 1. The summed E-state index contributed by atoms with van der Waals surface area (Å²) in [6.45, 7) is 0.267. The van der Waals surface area contributed by atoms with Gasteiger partial charge in [0, 0.05) is 10.2 Å². The molecule has 2 aromatic carbocycles. The molecular formula is C21H24BrNO6S. The number of aliphatic hydroxyl groups excluding tert-OH is 1. The van der Waals surface area contributed by atoms with Gasteiger partial charge in [-0.2, -0.15) is 12.6 Å². The van der Waals surface area contributed by atoms with Gasteiger partial charge in [-0.05, 0) is 54.8 Å². The van der Waals surface area contributed by atoms with Gasteiger partial charge in [0.15, 0.2) is 0 Å². The van der Waals surface area contributed by atoms with Crippen molar-refractivity contribution in [2.75, 3.05) is 30.9 Å². The van der Waals surface area contributed by atoms with Crippen molar-refractivity contribution in [3.8, 4) is 5.75 Å². The van der Waals surface area contributed by atoms with E-state index in [1.165, 1.54) is 0 Å². The Morgan fingerprint density at radius 2 is 1.90 bits per heavy atom. The van der Waals surface area contributed by atoms with Crippen LogP contribution in [0.4, 0.5) is 10.5 Å². The van der Waals surface area contributed by atoms with E-state index < -0.39 is 18.2 Å². The second-order valence-electron chi connectivity index (χ2n) is 6.19. The molecule has 0 heterocycles. The maximum atomic E-state index is 12.4. The van der Waals surface area contributed by atoms with Crippen molar-refractivity contribution in [3.63, 3.8) is 0 Å². The number of esters is 1. The maximum Gasteiger partial charge on any atom is 0.412 e. The normalized spacial score (nSPS) is 11.4. The third kappa shape index (κ3) is 8.64. The third-order valence-electron chi connectivity index (χ3n) is 3.93. The number of hydrogen-bond acceptors (Lipinski definition) is 7. The number of nitrogens with one attached hydrogen (secondary N) is 1. The number of rotatable bonds is 11. The van der Waals surface area contributed by atoms with E-state index in [2.05, 4.69) is 33.9 Å². The first-order valence-corrected chi connectivity index (χ1v) is 10.8. The summed E-state index contributed by atoms with van der Waals surface area (Å²) in [7, 11) is 0. The van der Waals surface area contributed by atoms with Crippen LogP contribution in [-0.4, -0.2) is 42.7 Å². The molecule has 0 saturated heterocycles. The molecule has 0 unspecified atom stereocenters. The largest absolute Gasteiger partial charge is 0.491 e. The van der Waals surface area contributed by atoms with Crippen LogP contribution in [0.25, 0.3) is 0 Å². The number of amides is 1. The van der Waals surface area contributed by atoms with Crippen LogP contribution in [0.1, 0.15) is 24.5 Å². The van der Waals surface area contributed by atoms with Gasteiger partial charge in [-0.15, -0.1) is 0 Å². The molecule has 0 aliphatic rings. The number of aliphatic hydroxyl groups is 1. The minimum atomic E-state index is -0.601. The summed E-state index contributed by atoms with van der Waals surface area (Å²) in [4.78, 5) is 23.7. The summed E-state index contributed by atoms with van der Waals surface area (Å²) in [5.41, 5.74) is 1.33. The first-order valence-electron chi connectivity index (χ1n) is 9.35. The van der Waals surface area contributed by atoms with E-state index in [-0.39, 0.29) is 25.6 Å². The molecule has 9 heteroatoms. The highest BCUT2D eigenvalue weighted by Crippen LogP contribution is 2.27. The number of thiol groups is 1. The quantitative estimate of drug-likeness (QED) is 0.242. The predicted molar refractivity (Wildman–Crippen MR) is 120 cm³/mol. The topological polar surface area (TPSA) is 94.1 Å². The molecule has 7 nitrogen and oxygen atoms in total. The minimum Gasteiger partial charge on any atom is -0.491 e. The van der Waals surface area contributed by atoms with Gasteiger partial charge in [0.05, 0.1) is 19.0 Å². The molecule has 0 spiro atoms. The second kappa shape index (κ2) is 13.1. The Hall–Kier alpha value is -2.23. The molecule has 0 saturated carbocycles. The second-order valence-corrected chi connectivity index (χ2v) is 7.42. The summed E-state index contributed by atoms with van der Waals surface area (Å²) >= 11 is 7.21. The molecule has 0 aliphatic heterocycles. The number of anilines is 1. The van der Waals surface area contributed by atoms with Gasteiger partial charge in [0.25, 0.3) is 0 Å². The molecule has 0 aliphatic carbocycles. The van der Waals surface area contributed by atoms with Gasteiger partial charge < -0.3 is 19.3 Å². The molecule has 0 radical (unpaired) electrons. The van der Waals surface area contributed by atoms with E-state index in [4.69, 9.17) is 19.3 Å². The predicted octanol–water partition coefficient (Wildman–Crippen LogP) is 4.36. The summed E-state index contributed by atoms with van der Waals surface area (Å²) < 4.78 is 17.0. The van der Waals surface area contributed by atoms with Gasteiger partial charge >= 0.3 is 12.1 Å². The Bertz CT molecular complexity index is 817. The maximum absolute atomic E-state index is 12.4. The van der Waals surface area contributed by atoms with Gasteiger partial charge in [-0.1, -0.05) is 28.1 Å². The first-order chi connectivity index (χ1) is 14.5. The van der Waals surface area contributed by atoms with Gasteiger partial charge in [-0.3, -0.25) is 10.1 Å². The van der Waals surface area contributed by atoms with Crippen molar-refractivity contribution in [3.05, 3.63) is 58.6 Å². The van der Waals surface area contributed by atoms with Crippen LogP contribution in [0, 0.1) is 0 Å². The molecule has 2 N–H and O–H groups in total. The average molecular weight is 498 g/mol. The van der Waals surface area contributed by atoms with Crippen molar-refractivity contribution in [1.29, 1.82) is 0 Å². The van der Waals surface area contributed by atoms with Crippen molar-refractivity contribution in [2.45, 2.75) is 18.9 Å². The Labute approximate surface area is 189 Å². The SMILES string of the molecule is O=C(CS)OCCC[C@H](OC(=O)Nc1ccc(Br)cc1)c1cccc(OCCO)c1. The minimum absolute atomic E-state index is 0.0137. The molecule has 2 aromatic rings. The zero-order chi connectivity index (χ0) is 21.8. The molecule has 0 bridgehead atoms. The van der Waals surface area contributed by atoms with Crippen LogP contribution < -0.4 is 10.1 Å². The summed E-state index contributed by atoms with van der Waals surface area (Å²) in [5.74, 6) is 0.174. The lowest BCUT2D eigenvalue weighted by molar-refractivity contribution is -0.140. The molecule has 30 heavy (non-hydrogen) atoms. The highest BCUT2D eigenvalue weighted by molar-refractivity contribution is 9.10. The van der Waals surface area contributed by atoms with Crippen LogP contribution in [0.3, 0.4) is 0 Å². The Morgan fingerprint density at radius 1 is 1.13 bits per heavy atom. The fourth-order valence-electron chi connectivity index (χ4n) is 2.57. The highest BCUT2D eigenvalue weighted by atomic mass is 79.9. The van der Waals surface area contributed by atoms with E-state index in [0.717, 1.165) is 10.0 Å². The van der Waals surface area contributed by atoms with Crippen molar-refractivity contribution >= 4 is 46.3 Å². The van der Waals surface area contributed by atoms with E-state index >= 15 is 0 Å². The van der Waals surface area contributed by atoms with Crippen LogP contribution in [0.2, 0.25) is 0 Å². The van der Waals surface area contributed by atoms with Crippen molar-refractivity contribution < 1.29 is 28.9 Å². The van der Waals surface area contributed by atoms with E-state index in [1.807, 2.05) is 18.2 Å². The molecule has 1 atom stereocenters. The van der Waals surface area contributed by atoms with Gasteiger partial charge in [-0.25, -0.2) is 4.79 Å². The molecule has 1 amide bonds. The third-order valence-corrected chi connectivity index (χ3v) is 4.72. The van der Waals surface area contributed by atoms with Gasteiger partial charge in [0.1, 0.15) is 18.5 Å². The van der Waals surface area contributed by atoms with Gasteiger partial charge in [0.2, 0.25) is 0 Å². The lowest BCUT2D eigenvalue weighted by Gasteiger charge is -2.19. The molecule has 2 rings (SSSR count). The fourth-order valence-corrected chi connectivity index (χ4v) is 2.93. The number of carbonyl (C=O) groups is 2. The molecule has 0 aromatic heterocycles. The van der Waals surface area contributed by atoms with Crippen molar-refractivity contribution in [1.82, 2.24) is 0 Å². The number of benzene rings is 2. The number of hydrogen-bond donors (Lipinski definition) is 3. The number of ether oxygens (including phenoxy) is 3. The van der Waals surface area contributed by atoms with E-state index in [0.29, 0.717) is 24.3 Å². The lowest BCUT2D eigenvalue weighted by Crippen LogP contribution is -2.18. The highest BCUT2D eigenvalue weighted by Gasteiger charge is 2.18. The monoisotopic (exact) mass is 497 g/mol.